The van der Waals surface area contributed by atoms with Gasteiger partial charge in [0, 0.05) is 5.56 Å². The van der Waals surface area contributed by atoms with Crippen LogP contribution in [0.3, 0.4) is 0 Å². The third kappa shape index (κ3) is 3.22. The molecule has 0 bridgehead atoms. The topological polar surface area (TPSA) is 46.5 Å². The SMILES string of the molecule is O=C(O)OC(=Cc1ccccc1)c1ccccc1. The molecule has 2 rings (SSSR count). The van der Waals surface area contributed by atoms with Crippen molar-refractivity contribution in [1.29, 1.82) is 0 Å². The zero-order valence-corrected chi connectivity index (χ0v) is 9.61. The molecule has 3 heteroatoms. The lowest BCUT2D eigenvalue weighted by atomic mass is 10.1. The summed E-state index contributed by atoms with van der Waals surface area (Å²) in [5.41, 5.74) is 1.61. The monoisotopic (exact) mass is 240 g/mol. The minimum atomic E-state index is -1.32. The third-order valence-corrected chi connectivity index (χ3v) is 2.35. The fourth-order valence-electron chi connectivity index (χ4n) is 1.57. The second-order valence-corrected chi connectivity index (χ2v) is 3.65. The van der Waals surface area contributed by atoms with E-state index >= 15 is 0 Å². The van der Waals surface area contributed by atoms with Crippen LogP contribution >= 0.6 is 0 Å². The van der Waals surface area contributed by atoms with Crippen LogP contribution in [0.25, 0.3) is 11.8 Å². The summed E-state index contributed by atoms with van der Waals surface area (Å²) in [6.07, 6.45) is 0.379. The van der Waals surface area contributed by atoms with Crippen molar-refractivity contribution < 1.29 is 14.6 Å². The Hall–Kier alpha value is -2.55. The normalized spacial score (nSPS) is 11.0. The highest BCUT2D eigenvalue weighted by atomic mass is 16.7. The van der Waals surface area contributed by atoms with Gasteiger partial charge in [-0.3, -0.25) is 0 Å². The van der Waals surface area contributed by atoms with E-state index in [1.165, 1.54) is 0 Å². The van der Waals surface area contributed by atoms with Crippen LogP contribution in [0.5, 0.6) is 0 Å². The van der Waals surface area contributed by atoms with Gasteiger partial charge in [0.25, 0.3) is 0 Å². The van der Waals surface area contributed by atoms with Crippen molar-refractivity contribution in [2.75, 3.05) is 0 Å². The van der Waals surface area contributed by atoms with Crippen LogP contribution in [0.15, 0.2) is 60.7 Å². The summed E-state index contributed by atoms with van der Waals surface area (Å²) in [4.78, 5) is 10.7. The Morgan fingerprint density at radius 1 is 0.944 bits per heavy atom. The first kappa shape index (κ1) is 11.9. The highest BCUT2D eigenvalue weighted by Gasteiger charge is 2.07. The maximum Gasteiger partial charge on any atom is 0.511 e. The summed E-state index contributed by atoms with van der Waals surface area (Å²) < 4.78 is 4.82. The van der Waals surface area contributed by atoms with E-state index in [1.54, 1.807) is 18.2 Å². The van der Waals surface area contributed by atoms with Crippen molar-refractivity contribution in [3.05, 3.63) is 71.8 Å². The lowest BCUT2D eigenvalue weighted by Crippen LogP contribution is -1.99. The quantitative estimate of drug-likeness (QED) is 0.503. The van der Waals surface area contributed by atoms with Gasteiger partial charge >= 0.3 is 6.16 Å². The number of benzene rings is 2. The van der Waals surface area contributed by atoms with E-state index in [4.69, 9.17) is 9.84 Å². The molecule has 0 aliphatic carbocycles. The van der Waals surface area contributed by atoms with E-state index in [0.29, 0.717) is 5.76 Å². The fourth-order valence-corrected chi connectivity index (χ4v) is 1.57. The average Bonchev–Trinajstić information content (AvgIpc) is 2.40. The van der Waals surface area contributed by atoms with E-state index in [0.717, 1.165) is 11.1 Å². The second-order valence-electron chi connectivity index (χ2n) is 3.65. The Labute approximate surface area is 105 Å². The molecule has 0 saturated heterocycles. The molecule has 90 valence electrons. The van der Waals surface area contributed by atoms with E-state index < -0.39 is 6.16 Å². The van der Waals surface area contributed by atoms with Crippen molar-refractivity contribution >= 4 is 18.0 Å². The van der Waals surface area contributed by atoms with Crippen LogP contribution in [0.2, 0.25) is 0 Å². The standard InChI is InChI=1S/C15H12O3/c16-15(17)18-14(13-9-5-2-6-10-13)11-12-7-3-1-4-8-12/h1-11H,(H,16,17). The summed E-state index contributed by atoms with van der Waals surface area (Å²) in [6, 6.07) is 18.6. The van der Waals surface area contributed by atoms with Gasteiger partial charge in [-0.15, -0.1) is 0 Å². The molecule has 0 atom stereocenters. The molecule has 0 aliphatic rings. The van der Waals surface area contributed by atoms with E-state index in [-0.39, 0.29) is 0 Å². The van der Waals surface area contributed by atoms with Gasteiger partial charge < -0.3 is 9.84 Å². The van der Waals surface area contributed by atoms with Crippen LogP contribution in [-0.4, -0.2) is 11.3 Å². The van der Waals surface area contributed by atoms with Gasteiger partial charge in [-0.1, -0.05) is 60.7 Å². The number of ether oxygens (including phenoxy) is 1. The van der Waals surface area contributed by atoms with E-state index in [2.05, 4.69) is 0 Å². The predicted octanol–water partition coefficient (Wildman–Crippen LogP) is 3.88. The molecule has 2 aromatic rings. The molecule has 0 spiro atoms. The highest BCUT2D eigenvalue weighted by Crippen LogP contribution is 2.19. The predicted molar refractivity (Wildman–Crippen MR) is 69.9 cm³/mol. The van der Waals surface area contributed by atoms with Crippen molar-refractivity contribution in [2.24, 2.45) is 0 Å². The molecule has 3 nitrogen and oxygen atoms in total. The zero-order valence-electron chi connectivity index (χ0n) is 9.61. The van der Waals surface area contributed by atoms with Crippen LogP contribution in [-0.2, 0) is 4.74 Å². The smallest absolute Gasteiger partial charge is 0.449 e. The summed E-state index contributed by atoms with van der Waals surface area (Å²) in [5.74, 6) is 0.314. The second kappa shape index (κ2) is 5.68. The van der Waals surface area contributed by atoms with Crippen LogP contribution < -0.4 is 0 Å². The largest absolute Gasteiger partial charge is 0.511 e. The molecule has 0 amide bonds. The minimum absolute atomic E-state index is 0.314. The van der Waals surface area contributed by atoms with Gasteiger partial charge in [-0.25, -0.2) is 4.79 Å². The average molecular weight is 240 g/mol. The molecule has 0 heterocycles. The summed E-state index contributed by atoms with van der Waals surface area (Å²) in [7, 11) is 0. The first-order chi connectivity index (χ1) is 8.75. The Morgan fingerprint density at radius 2 is 1.50 bits per heavy atom. The first-order valence-electron chi connectivity index (χ1n) is 5.48. The third-order valence-electron chi connectivity index (χ3n) is 2.35. The molecule has 2 aromatic carbocycles. The highest BCUT2D eigenvalue weighted by molar-refractivity contribution is 5.82. The number of carboxylic acid groups (broad SMARTS) is 1. The van der Waals surface area contributed by atoms with Crippen molar-refractivity contribution in [3.8, 4) is 0 Å². The molecule has 0 unspecified atom stereocenters. The Morgan fingerprint density at radius 3 is 2.06 bits per heavy atom. The molecular formula is C15H12O3. The zero-order chi connectivity index (χ0) is 12.8. The number of carbonyl (C=O) groups is 1. The van der Waals surface area contributed by atoms with Crippen LogP contribution in [0, 0.1) is 0 Å². The number of hydrogen-bond acceptors (Lipinski definition) is 2. The van der Waals surface area contributed by atoms with Crippen LogP contribution in [0.4, 0.5) is 4.79 Å². The van der Waals surface area contributed by atoms with E-state index in [1.807, 2.05) is 48.5 Å². The van der Waals surface area contributed by atoms with Gasteiger partial charge in [-0.05, 0) is 11.6 Å². The first-order valence-corrected chi connectivity index (χ1v) is 5.48. The maximum absolute atomic E-state index is 10.7. The lowest BCUT2D eigenvalue weighted by Gasteiger charge is -2.06. The lowest BCUT2D eigenvalue weighted by molar-refractivity contribution is 0.135. The summed E-state index contributed by atoms with van der Waals surface area (Å²) >= 11 is 0. The van der Waals surface area contributed by atoms with Gasteiger partial charge in [-0.2, -0.15) is 0 Å². The molecule has 1 N–H and O–H groups in total. The van der Waals surface area contributed by atoms with Crippen LogP contribution in [0.1, 0.15) is 11.1 Å². The maximum atomic E-state index is 10.7. The Bertz CT molecular complexity index is 544. The van der Waals surface area contributed by atoms with Gasteiger partial charge in [0.15, 0.2) is 0 Å². The van der Waals surface area contributed by atoms with Crippen molar-refractivity contribution in [1.82, 2.24) is 0 Å². The minimum Gasteiger partial charge on any atom is -0.449 e. The Kier molecular flexibility index (Phi) is 3.76. The fraction of sp³-hybridized carbons (Fsp3) is 0. The summed E-state index contributed by atoms with van der Waals surface area (Å²) in [6.45, 7) is 0. The summed E-state index contributed by atoms with van der Waals surface area (Å²) in [5, 5.41) is 8.76. The molecule has 0 saturated carbocycles. The molecule has 18 heavy (non-hydrogen) atoms. The molecule has 0 fully saturated rings. The van der Waals surface area contributed by atoms with Crippen molar-refractivity contribution in [3.63, 3.8) is 0 Å². The molecule has 0 aromatic heterocycles. The Balaban J connectivity index is 2.37. The van der Waals surface area contributed by atoms with Gasteiger partial charge in [0.2, 0.25) is 0 Å². The number of hydrogen-bond donors (Lipinski definition) is 1. The molecule has 0 radical (unpaired) electrons. The van der Waals surface area contributed by atoms with E-state index in [9.17, 15) is 4.79 Å². The van der Waals surface area contributed by atoms with Gasteiger partial charge in [0.1, 0.15) is 5.76 Å². The van der Waals surface area contributed by atoms with Crippen molar-refractivity contribution in [2.45, 2.75) is 0 Å². The molecule has 0 aliphatic heterocycles. The molecular weight excluding hydrogens is 228 g/mol. The van der Waals surface area contributed by atoms with Gasteiger partial charge in [0.05, 0.1) is 0 Å². The number of rotatable bonds is 3.